The molecule has 1 aromatic heterocycles. The zero-order valence-electron chi connectivity index (χ0n) is 8.54. The third kappa shape index (κ3) is 2.49. The minimum absolute atomic E-state index is 0.0786. The fraction of sp³-hybridized carbons (Fsp3) is 0. The van der Waals surface area contributed by atoms with Crippen LogP contribution in [0.3, 0.4) is 0 Å². The van der Waals surface area contributed by atoms with Crippen LogP contribution in [0.4, 0.5) is 10.8 Å². The Morgan fingerprint density at radius 2 is 2.24 bits per heavy atom. The number of hydrogen-bond donors (Lipinski definition) is 4. The minimum atomic E-state index is -0.670. The third-order valence-electron chi connectivity index (χ3n) is 1.87. The van der Waals surface area contributed by atoms with E-state index in [0.717, 1.165) is 0 Å². The fourth-order valence-corrected chi connectivity index (χ4v) is 1.16. The lowest BCUT2D eigenvalue weighted by molar-refractivity contribution is 0.251. The molecule has 0 aliphatic heterocycles. The molecule has 0 atom stereocenters. The maximum atomic E-state index is 10.9. The van der Waals surface area contributed by atoms with E-state index in [1.165, 1.54) is 12.1 Å². The zero-order chi connectivity index (χ0) is 12.3. The molecule has 1 aromatic carbocycles. The average Bonchev–Trinajstić information content (AvgIpc) is 2.77. The Labute approximate surface area is 95.4 Å². The smallest absolute Gasteiger partial charge is 0.336 e. The number of hydrazine groups is 1. The topological polar surface area (TPSA) is 126 Å². The number of nitrogens with one attached hydrogen (secondary N) is 2. The Morgan fingerprint density at radius 1 is 1.41 bits per heavy atom. The van der Waals surface area contributed by atoms with Crippen LogP contribution in [0, 0.1) is 0 Å². The molecule has 0 unspecified atom stereocenters. The van der Waals surface area contributed by atoms with Crippen LogP contribution >= 0.6 is 0 Å². The molecule has 2 amide bonds. The molecule has 8 nitrogen and oxygen atoms in total. The van der Waals surface area contributed by atoms with Gasteiger partial charge in [-0.2, -0.15) is 0 Å². The zero-order valence-corrected chi connectivity index (χ0v) is 8.54. The number of phenolic OH excluding ortho intramolecular Hbond substituents is 1. The Bertz CT molecular complexity index is 539. The highest BCUT2D eigenvalue weighted by atomic mass is 16.4. The second-order valence-electron chi connectivity index (χ2n) is 3.06. The number of phenols is 1. The maximum Gasteiger partial charge on any atom is 0.336 e. The highest BCUT2D eigenvalue weighted by Crippen LogP contribution is 2.22. The van der Waals surface area contributed by atoms with Gasteiger partial charge in [-0.3, -0.25) is 10.7 Å². The lowest BCUT2D eigenvalue weighted by Crippen LogP contribution is -2.34. The van der Waals surface area contributed by atoms with E-state index in [0.29, 0.717) is 5.56 Å². The maximum absolute atomic E-state index is 10.9. The summed E-state index contributed by atoms with van der Waals surface area (Å²) in [5, 5.41) is 18.8. The van der Waals surface area contributed by atoms with Gasteiger partial charge in [0.2, 0.25) is 5.89 Å². The third-order valence-corrected chi connectivity index (χ3v) is 1.87. The number of aromatic nitrogens is 2. The van der Waals surface area contributed by atoms with E-state index < -0.39 is 6.03 Å². The molecule has 88 valence electrons. The number of nitrogens with two attached hydrogens (primary N) is 1. The molecule has 0 radical (unpaired) electrons. The number of carbonyl (C=O) groups excluding carboxylic acids is 1. The molecule has 2 rings (SSSR count). The highest BCUT2D eigenvalue weighted by Gasteiger charge is 2.10. The molecule has 17 heavy (non-hydrogen) atoms. The van der Waals surface area contributed by atoms with Crippen molar-refractivity contribution < 1.29 is 14.3 Å². The predicted octanol–water partition coefficient (Wildman–Crippen LogP) is 0.437. The van der Waals surface area contributed by atoms with E-state index in [-0.39, 0.29) is 17.7 Å². The Kier molecular flexibility index (Phi) is 2.88. The standard InChI is InChI=1S/C9H9N5O3/c10-12-8(16)11-9-14-13-7(17-9)5-2-1-3-6(15)4-5/h1-4,15H,10H2,(H2,11,12,14,16). The van der Waals surface area contributed by atoms with Crippen LogP contribution in [0.2, 0.25) is 0 Å². The van der Waals surface area contributed by atoms with E-state index in [1.54, 1.807) is 12.1 Å². The molecular formula is C9H9N5O3. The summed E-state index contributed by atoms with van der Waals surface area (Å²) in [6, 6.07) is 5.53. The van der Waals surface area contributed by atoms with Gasteiger partial charge in [0.15, 0.2) is 0 Å². The lowest BCUT2D eigenvalue weighted by atomic mass is 10.2. The van der Waals surface area contributed by atoms with Gasteiger partial charge in [0.1, 0.15) is 5.75 Å². The SMILES string of the molecule is NNC(=O)Nc1nnc(-c2cccc(O)c2)o1. The van der Waals surface area contributed by atoms with Crippen molar-refractivity contribution in [2.45, 2.75) is 0 Å². The Hall–Kier alpha value is -2.61. The van der Waals surface area contributed by atoms with E-state index in [1.807, 2.05) is 5.43 Å². The number of urea groups is 1. The summed E-state index contributed by atoms with van der Waals surface area (Å²) in [6.45, 7) is 0. The quantitative estimate of drug-likeness (QED) is 0.340. The molecule has 0 fully saturated rings. The molecule has 1 heterocycles. The van der Waals surface area contributed by atoms with Gasteiger partial charge in [0, 0.05) is 5.56 Å². The molecule has 0 spiro atoms. The molecule has 0 saturated heterocycles. The summed E-state index contributed by atoms with van der Waals surface area (Å²) in [7, 11) is 0. The van der Waals surface area contributed by atoms with E-state index in [4.69, 9.17) is 10.3 Å². The summed E-state index contributed by atoms with van der Waals surface area (Å²) in [5.41, 5.74) is 2.39. The largest absolute Gasteiger partial charge is 0.508 e. The molecule has 2 aromatic rings. The molecule has 8 heteroatoms. The summed E-state index contributed by atoms with van der Waals surface area (Å²) in [5.74, 6) is 5.13. The summed E-state index contributed by atoms with van der Waals surface area (Å²) in [6.07, 6.45) is 0. The van der Waals surface area contributed by atoms with Crippen LogP contribution < -0.4 is 16.6 Å². The van der Waals surface area contributed by atoms with Crippen molar-refractivity contribution in [1.82, 2.24) is 15.6 Å². The van der Waals surface area contributed by atoms with Crippen molar-refractivity contribution >= 4 is 12.0 Å². The van der Waals surface area contributed by atoms with Gasteiger partial charge in [0.25, 0.3) is 0 Å². The predicted molar refractivity (Wildman–Crippen MR) is 57.7 cm³/mol. The summed E-state index contributed by atoms with van der Waals surface area (Å²) in [4.78, 5) is 10.9. The molecule has 0 aliphatic carbocycles. The van der Waals surface area contributed by atoms with Crippen molar-refractivity contribution in [2.24, 2.45) is 5.84 Å². The van der Waals surface area contributed by atoms with E-state index in [2.05, 4.69) is 15.5 Å². The molecule has 5 N–H and O–H groups in total. The van der Waals surface area contributed by atoms with Gasteiger partial charge in [-0.05, 0) is 18.2 Å². The lowest BCUT2D eigenvalue weighted by Gasteiger charge is -1.97. The van der Waals surface area contributed by atoms with Crippen molar-refractivity contribution in [2.75, 3.05) is 5.32 Å². The fourth-order valence-electron chi connectivity index (χ4n) is 1.16. The van der Waals surface area contributed by atoms with E-state index >= 15 is 0 Å². The van der Waals surface area contributed by atoms with Crippen molar-refractivity contribution in [1.29, 1.82) is 0 Å². The number of anilines is 1. The van der Waals surface area contributed by atoms with Crippen LogP contribution in [0.15, 0.2) is 28.7 Å². The van der Waals surface area contributed by atoms with Gasteiger partial charge >= 0.3 is 12.0 Å². The van der Waals surface area contributed by atoms with Crippen LogP contribution in [0.1, 0.15) is 0 Å². The number of benzene rings is 1. The van der Waals surface area contributed by atoms with Gasteiger partial charge in [-0.1, -0.05) is 11.2 Å². The number of hydrogen-bond acceptors (Lipinski definition) is 6. The first kappa shape index (κ1) is 10.9. The highest BCUT2D eigenvalue weighted by molar-refractivity contribution is 5.86. The van der Waals surface area contributed by atoms with Crippen LogP contribution in [0.5, 0.6) is 5.75 Å². The monoisotopic (exact) mass is 235 g/mol. The first-order valence-corrected chi connectivity index (χ1v) is 4.59. The van der Waals surface area contributed by atoms with Crippen LogP contribution in [-0.4, -0.2) is 21.3 Å². The number of rotatable bonds is 2. The number of nitrogens with zero attached hydrogens (tertiary/aromatic N) is 2. The van der Waals surface area contributed by atoms with Gasteiger partial charge in [-0.25, -0.2) is 10.6 Å². The van der Waals surface area contributed by atoms with Crippen LogP contribution in [0.25, 0.3) is 11.5 Å². The van der Waals surface area contributed by atoms with Gasteiger partial charge in [-0.15, -0.1) is 5.10 Å². The van der Waals surface area contributed by atoms with Gasteiger partial charge in [0.05, 0.1) is 0 Å². The second-order valence-corrected chi connectivity index (χ2v) is 3.06. The average molecular weight is 235 g/mol. The van der Waals surface area contributed by atoms with E-state index in [9.17, 15) is 9.90 Å². The Balaban J connectivity index is 2.21. The summed E-state index contributed by atoms with van der Waals surface area (Å²) >= 11 is 0. The molecule has 0 aliphatic rings. The molecule has 0 saturated carbocycles. The Morgan fingerprint density at radius 3 is 2.94 bits per heavy atom. The van der Waals surface area contributed by atoms with Gasteiger partial charge < -0.3 is 9.52 Å². The van der Waals surface area contributed by atoms with Crippen molar-refractivity contribution in [3.8, 4) is 17.2 Å². The van der Waals surface area contributed by atoms with Crippen molar-refractivity contribution in [3.05, 3.63) is 24.3 Å². The molecule has 0 bridgehead atoms. The normalized spacial score (nSPS) is 9.94. The minimum Gasteiger partial charge on any atom is -0.508 e. The number of carbonyl (C=O) groups is 1. The molecular weight excluding hydrogens is 226 g/mol. The second kappa shape index (κ2) is 4.49. The van der Waals surface area contributed by atoms with Crippen molar-refractivity contribution in [3.63, 3.8) is 0 Å². The summed E-state index contributed by atoms with van der Waals surface area (Å²) < 4.78 is 5.14. The number of amides is 2. The first-order chi connectivity index (χ1) is 8.19. The number of aromatic hydroxyl groups is 1. The van der Waals surface area contributed by atoms with Crippen LogP contribution in [-0.2, 0) is 0 Å². The first-order valence-electron chi connectivity index (χ1n) is 4.59.